The highest BCUT2D eigenvalue weighted by atomic mass is 32.2. The predicted octanol–water partition coefficient (Wildman–Crippen LogP) is 1.31. The second-order valence-electron chi connectivity index (χ2n) is 5.51. The van der Waals surface area contributed by atoms with E-state index in [0.717, 1.165) is 38.8 Å². The summed E-state index contributed by atoms with van der Waals surface area (Å²) in [5.74, 6) is 0.601. The normalized spacial score (nSPS) is 18.0. The van der Waals surface area contributed by atoms with Crippen LogP contribution >= 0.6 is 0 Å². The summed E-state index contributed by atoms with van der Waals surface area (Å²) < 4.78 is 24.6. The molecule has 0 bridgehead atoms. The smallest absolute Gasteiger partial charge is 0.237 e. The molecule has 112 valence electrons. The van der Waals surface area contributed by atoms with E-state index in [2.05, 4.69) is 6.92 Å². The van der Waals surface area contributed by atoms with Crippen molar-refractivity contribution in [2.45, 2.75) is 39.5 Å². The van der Waals surface area contributed by atoms with E-state index in [-0.39, 0.29) is 12.5 Å². The monoisotopic (exact) mass is 290 g/mol. The van der Waals surface area contributed by atoms with Crippen LogP contribution in [0.3, 0.4) is 0 Å². The van der Waals surface area contributed by atoms with Crippen molar-refractivity contribution in [3.8, 4) is 0 Å². The third kappa shape index (κ3) is 5.48. The Labute approximate surface area is 117 Å². The molecule has 1 aliphatic rings. The summed E-state index contributed by atoms with van der Waals surface area (Å²) in [6, 6.07) is 0. The fourth-order valence-electron chi connectivity index (χ4n) is 2.21. The molecule has 0 saturated carbocycles. The first-order chi connectivity index (χ1) is 8.84. The van der Waals surface area contributed by atoms with Gasteiger partial charge in [0.25, 0.3) is 0 Å². The highest BCUT2D eigenvalue weighted by Crippen LogP contribution is 2.16. The van der Waals surface area contributed by atoms with E-state index < -0.39 is 10.0 Å². The van der Waals surface area contributed by atoms with Crippen molar-refractivity contribution in [1.82, 2.24) is 9.21 Å². The Morgan fingerprint density at radius 1 is 1.32 bits per heavy atom. The Hall–Kier alpha value is -0.620. The van der Waals surface area contributed by atoms with Crippen LogP contribution in [-0.2, 0) is 14.8 Å². The van der Waals surface area contributed by atoms with Crippen LogP contribution in [0.4, 0.5) is 0 Å². The molecule has 0 unspecified atom stereocenters. The Morgan fingerprint density at radius 3 is 2.37 bits per heavy atom. The number of hydrogen-bond acceptors (Lipinski definition) is 3. The Kier molecular flexibility index (Phi) is 6.26. The molecule has 0 aliphatic carbocycles. The molecule has 0 radical (unpaired) electrons. The molecular formula is C13H26N2O3S. The quantitative estimate of drug-likeness (QED) is 0.741. The first kappa shape index (κ1) is 16.4. The zero-order chi connectivity index (χ0) is 14.5. The molecule has 1 rings (SSSR count). The van der Waals surface area contributed by atoms with Crippen LogP contribution in [0.5, 0.6) is 0 Å². The summed E-state index contributed by atoms with van der Waals surface area (Å²) in [6.45, 7) is 6.13. The summed E-state index contributed by atoms with van der Waals surface area (Å²) in [4.78, 5) is 13.9. The molecule has 1 aliphatic heterocycles. The molecule has 1 saturated heterocycles. The Morgan fingerprint density at radius 2 is 1.89 bits per heavy atom. The van der Waals surface area contributed by atoms with Crippen LogP contribution in [0.1, 0.15) is 39.5 Å². The van der Waals surface area contributed by atoms with E-state index in [9.17, 15) is 13.2 Å². The van der Waals surface area contributed by atoms with Gasteiger partial charge in [0.15, 0.2) is 0 Å². The summed E-state index contributed by atoms with van der Waals surface area (Å²) in [5.41, 5.74) is 0. The summed E-state index contributed by atoms with van der Waals surface area (Å²) in [5, 5.41) is 0. The molecule has 1 heterocycles. The molecule has 1 amide bonds. The van der Waals surface area contributed by atoms with Crippen LogP contribution < -0.4 is 0 Å². The van der Waals surface area contributed by atoms with Gasteiger partial charge in [-0.15, -0.1) is 0 Å². The van der Waals surface area contributed by atoms with Crippen molar-refractivity contribution in [3.63, 3.8) is 0 Å². The van der Waals surface area contributed by atoms with Crippen molar-refractivity contribution >= 4 is 15.9 Å². The molecule has 6 heteroatoms. The number of piperidine rings is 1. The largest absolute Gasteiger partial charge is 0.342 e. The number of unbranched alkanes of at least 4 members (excludes halogenated alkanes) is 1. The van der Waals surface area contributed by atoms with E-state index in [0.29, 0.717) is 12.5 Å². The first-order valence-electron chi connectivity index (χ1n) is 7.07. The lowest BCUT2D eigenvalue weighted by Gasteiger charge is -2.31. The molecule has 0 atom stereocenters. The van der Waals surface area contributed by atoms with Crippen molar-refractivity contribution in [2.75, 3.05) is 32.4 Å². The van der Waals surface area contributed by atoms with Gasteiger partial charge in [0.05, 0.1) is 12.8 Å². The van der Waals surface area contributed by atoms with Crippen LogP contribution in [-0.4, -0.2) is 56.0 Å². The van der Waals surface area contributed by atoms with Crippen LogP contribution in [0, 0.1) is 5.92 Å². The number of amides is 1. The maximum absolute atomic E-state index is 12.1. The zero-order valence-corrected chi connectivity index (χ0v) is 13.1. The Bertz CT molecular complexity index is 387. The van der Waals surface area contributed by atoms with E-state index in [1.165, 1.54) is 10.6 Å². The predicted molar refractivity (Wildman–Crippen MR) is 76.3 cm³/mol. The lowest BCUT2D eigenvalue weighted by molar-refractivity contribution is -0.132. The Balaban J connectivity index is 2.56. The maximum Gasteiger partial charge on any atom is 0.237 e. The molecule has 0 spiro atoms. The molecule has 0 N–H and O–H groups in total. The number of rotatable bonds is 6. The van der Waals surface area contributed by atoms with Crippen LogP contribution in [0.25, 0.3) is 0 Å². The average molecular weight is 290 g/mol. The van der Waals surface area contributed by atoms with Gasteiger partial charge in [0.2, 0.25) is 15.9 Å². The van der Waals surface area contributed by atoms with E-state index >= 15 is 0 Å². The highest BCUT2D eigenvalue weighted by Gasteiger charge is 2.25. The molecular weight excluding hydrogens is 264 g/mol. The lowest BCUT2D eigenvalue weighted by atomic mass is 9.99. The van der Waals surface area contributed by atoms with Gasteiger partial charge in [-0.3, -0.25) is 4.79 Å². The van der Waals surface area contributed by atoms with Gasteiger partial charge in [0, 0.05) is 19.6 Å². The van der Waals surface area contributed by atoms with Gasteiger partial charge in [-0.05, 0) is 25.2 Å². The third-order valence-corrected chi connectivity index (χ3v) is 4.93. The van der Waals surface area contributed by atoms with Crippen LogP contribution in [0.15, 0.2) is 0 Å². The number of carbonyl (C=O) groups is 1. The molecule has 0 aromatic rings. The third-order valence-electron chi connectivity index (χ3n) is 3.68. The van der Waals surface area contributed by atoms with Crippen molar-refractivity contribution in [3.05, 3.63) is 0 Å². The second kappa shape index (κ2) is 7.24. The topological polar surface area (TPSA) is 57.7 Å². The number of nitrogens with zero attached hydrogens (tertiary/aromatic N) is 2. The number of hydrogen-bond donors (Lipinski definition) is 0. The van der Waals surface area contributed by atoms with Gasteiger partial charge < -0.3 is 4.90 Å². The van der Waals surface area contributed by atoms with Crippen LogP contribution in [0.2, 0.25) is 0 Å². The fraction of sp³-hybridized carbons (Fsp3) is 0.923. The molecule has 5 nitrogen and oxygen atoms in total. The fourth-order valence-corrected chi connectivity index (χ4v) is 3.01. The van der Waals surface area contributed by atoms with Gasteiger partial charge in [-0.25, -0.2) is 8.42 Å². The molecule has 0 aromatic heterocycles. The number of carbonyl (C=O) groups excluding carboxylic acids is 1. The van der Waals surface area contributed by atoms with E-state index in [1.807, 2.05) is 6.92 Å². The van der Waals surface area contributed by atoms with E-state index in [1.54, 1.807) is 4.90 Å². The van der Waals surface area contributed by atoms with Gasteiger partial charge in [0.1, 0.15) is 0 Å². The average Bonchev–Trinajstić information content (AvgIpc) is 2.33. The summed E-state index contributed by atoms with van der Waals surface area (Å²) in [7, 11) is -3.30. The zero-order valence-electron chi connectivity index (χ0n) is 12.3. The minimum atomic E-state index is -3.30. The minimum Gasteiger partial charge on any atom is -0.342 e. The lowest BCUT2D eigenvalue weighted by Crippen LogP contribution is -2.45. The second-order valence-corrected chi connectivity index (χ2v) is 7.50. The molecule has 0 aromatic carbocycles. The van der Waals surface area contributed by atoms with Crippen molar-refractivity contribution in [1.29, 1.82) is 0 Å². The summed E-state index contributed by atoms with van der Waals surface area (Å²) in [6.07, 6.45) is 4.91. The first-order valence-corrected chi connectivity index (χ1v) is 8.92. The standard InChI is InChI=1S/C13H26N2O3S/c1-4-5-8-15(19(3,17)18)11-13(16)14-9-6-12(2)7-10-14/h12H,4-11H2,1-3H3. The van der Waals surface area contributed by atoms with Crippen molar-refractivity contribution in [2.24, 2.45) is 5.92 Å². The van der Waals surface area contributed by atoms with Crippen molar-refractivity contribution < 1.29 is 13.2 Å². The SMILES string of the molecule is CCCCN(CC(=O)N1CCC(C)CC1)S(C)(=O)=O. The van der Waals surface area contributed by atoms with Gasteiger partial charge in [-0.2, -0.15) is 4.31 Å². The minimum absolute atomic E-state index is 0.00673. The maximum atomic E-state index is 12.1. The van der Waals surface area contributed by atoms with Gasteiger partial charge in [-0.1, -0.05) is 20.3 Å². The van der Waals surface area contributed by atoms with E-state index in [4.69, 9.17) is 0 Å². The van der Waals surface area contributed by atoms with Gasteiger partial charge >= 0.3 is 0 Å². The molecule has 19 heavy (non-hydrogen) atoms. The number of likely N-dealkylation sites (tertiary alicyclic amines) is 1. The number of sulfonamides is 1. The summed E-state index contributed by atoms with van der Waals surface area (Å²) >= 11 is 0. The highest BCUT2D eigenvalue weighted by molar-refractivity contribution is 7.88. The molecule has 1 fully saturated rings.